The maximum absolute atomic E-state index is 12.0. The van der Waals surface area contributed by atoms with Gasteiger partial charge < -0.3 is 13.9 Å². The molecule has 0 radical (unpaired) electrons. The van der Waals surface area contributed by atoms with E-state index in [-0.39, 0.29) is 29.3 Å². The second-order valence-corrected chi connectivity index (χ2v) is 14.2. The van der Waals surface area contributed by atoms with E-state index >= 15 is 0 Å². The van der Waals surface area contributed by atoms with Crippen LogP contribution in [0.1, 0.15) is 66.2 Å². The molecule has 0 aromatic carbocycles. The molecule has 1 heterocycles. The molecule has 0 unspecified atom stereocenters. The van der Waals surface area contributed by atoms with Crippen molar-refractivity contribution in [3.05, 3.63) is 42.2 Å². The predicted octanol–water partition coefficient (Wildman–Crippen LogP) is 6.50. The molecule has 1 fully saturated rings. The number of ether oxygens (including phenoxy) is 2. The van der Waals surface area contributed by atoms with Gasteiger partial charge in [0.1, 0.15) is 0 Å². The average molecular weight is 435 g/mol. The molecule has 0 N–H and O–H groups in total. The number of hydrogen-bond donors (Lipinski definition) is 0. The molecule has 1 rings (SSSR count). The first-order valence-corrected chi connectivity index (χ1v) is 14.1. The van der Waals surface area contributed by atoms with Crippen LogP contribution in [0.25, 0.3) is 0 Å². The molecule has 170 valence electrons. The van der Waals surface area contributed by atoms with Gasteiger partial charge in [-0.2, -0.15) is 0 Å². The SMILES string of the molecule is C/C=C/C=C=CCCC(=O)/C=C/CC[C@@H]1C[C@@H](O[Si](C)(C)C(C)(C)C)C[C@@H](OC)O1. The Morgan fingerprint density at radius 2 is 1.97 bits per heavy atom. The normalized spacial score (nSPS) is 23.0. The Morgan fingerprint density at radius 3 is 2.60 bits per heavy atom. The lowest BCUT2D eigenvalue weighted by atomic mass is 10.0. The van der Waals surface area contributed by atoms with Crippen LogP contribution in [0.3, 0.4) is 0 Å². The number of hydrogen-bond acceptors (Lipinski definition) is 4. The van der Waals surface area contributed by atoms with Crippen molar-refractivity contribution in [1.82, 2.24) is 0 Å². The van der Waals surface area contributed by atoms with Gasteiger partial charge in [0.15, 0.2) is 20.4 Å². The summed E-state index contributed by atoms with van der Waals surface area (Å²) in [6.07, 6.45) is 15.9. The van der Waals surface area contributed by atoms with Crippen LogP contribution in [0.15, 0.2) is 42.2 Å². The first-order chi connectivity index (χ1) is 14.1. The molecule has 0 aromatic heterocycles. The number of rotatable bonds is 11. The molecule has 5 heteroatoms. The van der Waals surface area contributed by atoms with Crippen LogP contribution in [0.5, 0.6) is 0 Å². The first kappa shape index (κ1) is 26.8. The van der Waals surface area contributed by atoms with Crippen LogP contribution >= 0.6 is 0 Å². The van der Waals surface area contributed by atoms with E-state index in [9.17, 15) is 4.79 Å². The van der Waals surface area contributed by atoms with Gasteiger partial charge in [-0.3, -0.25) is 4.79 Å². The largest absolute Gasteiger partial charge is 0.414 e. The minimum Gasteiger partial charge on any atom is -0.414 e. The summed E-state index contributed by atoms with van der Waals surface area (Å²) in [5.41, 5.74) is 3.04. The fourth-order valence-corrected chi connectivity index (χ4v) is 4.43. The number of ketones is 1. The van der Waals surface area contributed by atoms with E-state index in [0.29, 0.717) is 12.8 Å². The van der Waals surface area contributed by atoms with Gasteiger partial charge in [0.05, 0.1) is 12.2 Å². The standard InChI is InChI=1S/C25H42O4Si/c1-8-9-10-11-12-13-16-21(26)17-14-15-18-22-19-23(20-24(27-5)28-22)29-30(6,7)25(2,3)4/h8-10,12,14,17,22-24H,13,15-16,18-20H2,1-7H3/b9-8+,17-14+/t11?,22-,23-,24+/m1/s1. The molecule has 0 amide bonds. The van der Waals surface area contributed by atoms with Gasteiger partial charge in [0.2, 0.25) is 0 Å². The molecule has 3 atom stereocenters. The molecule has 0 aromatic rings. The quantitative estimate of drug-likeness (QED) is 0.161. The first-order valence-electron chi connectivity index (χ1n) is 11.2. The Hall–Kier alpha value is -1.23. The van der Waals surface area contributed by atoms with Gasteiger partial charge in [-0.15, -0.1) is 5.73 Å². The zero-order chi connectivity index (χ0) is 22.6. The second-order valence-electron chi connectivity index (χ2n) is 9.44. The van der Waals surface area contributed by atoms with Gasteiger partial charge in [0, 0.05) is 20.0 Å². The maximum atomic E-state index is 12.0. The third kappa shape index (κ3) is 10.2. The molecule has 1 saturated heterocycles. The highest BCUT2D eigenvalue weighted by molar-refractivity contribution is 6.74. The molecule has 0 bridgehead atoms. The lowest BCUT2D eigenvalue weighted by Crippen LogP contribution is -2.48. The van der Waals surface area contributed by atoms with Crippen LogP contribution in [0.2, 0.25) is 18.1 Å². The van der Waals surface area contributed by atoms with E-state index in [1.807, 2.05) is 37.3 Å². The minimum absolute atomic E-state index is 0.0953. The fourth-order valence-electron chi connectivity index (χ4n) is 3.06. The second kappa shape index (κ2) is 13.2. The summed E-state index contributed by atoms with van der Waals surface area (Å²) in [5, 5.41) is 0.185. The van der Waals surface area contributed by atoms with Gasteiger partial charge in [-0.05, 0) is 69.0 Å². The Morgan fingerprint density at radius 1 is 1.23 bits per heavy atom. The van der Waals surface area contributed by atoms with Gasteiger partial charge >= 0.3 is 0 Å². The molecule has 4 nitrogen and oxygen atoms in total. The predicted molar refractivity (Wildman–Crippen MR) is 127 cm³/mol. The molecule has 0 saturated carbocycles. The molecule has 1 aliphatic heterocycles. The van der Waals surface area contributed by atoms with E-state index in [4.69, 9.17) is 13.9 Å². The van der Waals surface area contributed by atoms with Gasteiger partial charge in [0.25, 0.3) is 0 Å². The number of allylic oxidation sites excluding steroid dienone is 5. The van der Waals surface area contributed by atoms with E-state index in [0.717, 1.165) is 25.7 Å². The van der Waals surface area contributed by atoms with Crippen molar-refractivity contribution in [2.45, 2.75) is 103 Å². The minimum atomic E-state index is -1.82. The summed E-state index contributed by atoms with van der Waals surface area (Å²) in [6, 6.07) is 0. The number of carbonyl (C=O) groups is 1. The zero-order valence-electron chi connectivity index (χ0n) is 20.1. The highest BCUT2D eigenvalue weighted by Crippen LogP contribution is 2.39. The third-order valence-electron chi connectivity index (χ3n) is 5.85. The Labute approximate surface area is 185 Å². The van der Waals surface area contributed by atoms with E-state index in [2.05, 4.69) is 39.6 Å². The van der Waals surface area contributed by atoms with Crippen molar-refractivity contribution in [2.75, 3.05) is 7.11 Å². The summed E-state index contributed by atoms with van der Waals surface area (Å²) in [7, 11) is -0.133. The van der Waals surface area contributed by atoms with E-state index in [1.54, 1.807) is 13.2 Å². The number of carbonyl (C=O) groups excluding carboxylic acids is 1. The van der Waals surface area contributed by atoms with Crippen molar-refractivity contribution >= 4 is 14.1 Å². The molecule has 30 heavy (non-hydrogen) atoms. The lowest BCUT2D eigenvalue weighted by molar-refractivity contribution is -0.202. The van der Waals surface area contributed by atoms with Gasteiger partial charge in [-0.1, -0.05) is 39.0 Å². The highest BCUT2D eigenvalue weighted by Gasteiger charge is 2.41. The Bertz CT molecular complexity index is 636. The van der Waals surface area contributed by atoms with Crippen molar-refractivity contribution in [3.8, 4) is 0 Å². The van der Waals surface area contributed by atoms with Gasteiger partial charge in [-0.25, -0.2) is 0 Å². The molecule has 0 spiro atoms. The van der Waals surface area contributed by atoms with Crippen molar-refractivity contribution in [1.29, 1.82) is 0 Å². The van der Waals surface area contributed by atoms with Crippen LogP contribution < -0.4 is 0 Å². The Balaban J connectivity index is 2.47. The zero-order valence-corrected chi connectivity index (χ0v) is 21.1. The molecule has 0 aliphatic carbocycles. The topological polar surface area (TPSA) is 44.8 Å². The lowest BCUT2D eigenvalue weighted by Gasteiger charge is -2.43. The van der Waals surface area contributed by atoms with Crippen molar-refractivity contribution in [3.63, 3.8) is 0 Å². The monoisotopic (exact) mass is 434 g/mol. The smallest absolute Gasteiger partial charge is 0.192 e. The van der Waals surface area contributed by atoms with Crippen molar-refractivity contribution in [2.24, 2.45) is 0 Å². The highest BCUT2D eigenvalue weighted by atomic mass is 28.4. The van der Waals surface area contributed by atoms with Crippen LogP contribution in [-0.2, 0) is 18.7 Å². The van der Waals surface area contributed by atoms with E-state index in [1.165, 1.54) is 0 Å². The van der Waals surface area contributed by atoms with Crippen LogP contribution in [0.4, 0.5) is 0 Å². The molecule has 1 aliphatic rings. The van der Waals surface area contributed by atoms with Crippen molar-refractivity contribution < 1.29 is 18.7 Å². The average Bonchev–Trinajstić information content (AvgIpc) is 2.66. The summed E-state index contributed by atoms with van der Waals surface area (Å²) in [5.74, 6) is 0.151. The number of methoxy groups -OCH3 is 1. The fraction of sp³-hybridized carbons (Fsp3) is 0.680. The summed E-state index contributed by atoms with van der Waals surface area (Å²) in [4.78, 5) is 12.0. The Kier molecular flexibility index (Phi) is 11.8. The summed E-state index contributed by atoms with van der Waals surface area (Å²) in [6.45, 7) is 13.3. The molecular formula is C25H42O4Si. The third-order valence-corrected chi connectivity index (χ3v) is 10.4. The molecular weight excluding hydrogens is 392 g/mol. The maximum Gasteiger partial charge on any atom is 0.192 e. The summed E-state index contributed by atoms with van der Waals surface area (Å²) < 4.78 is 18.2. The van der Waals surface area contributed by atoms with Crippen LogP contribution in [0, 0.1) is 0 Å². The summed E-state index contributed by atoms with van der Waals surface area (Å²) >= 11 is 0. The van der Waals surface area contributed by atoms with Crippen LogP contribution in [-0.4, -0.2) is 39.7 Å². The van der Waals surface area contributed by atoms with E-state index < -0.39 is 8.32 Å².